The third kappa shape index (κ3) is 9.15. The largest absolute Gasteiger partial charge is 0.461 e. The maximum Gasteiger partial charge on any atom is 0.338 e. The number of carbonyl (C=O) groups excluding carboxylic acids is 2. The fraction of sp³-hybridized carbons (Fsp3) is 0.611. The summed E-state index contributed by atoms with van der Waals surface area (Å²) in [7, 11) is 0. The Morgan fingerprint density at radius 3 is 1.24 bits per heavy atom. The number of hydrogen-bond acceptors (Lipinski definition) is 6. The van der Waals surface area contributed by atoms with Crippen LogP contribution in [-0.2, 0) is 9.47 Å². The lowest BCUT2D eigenvalue weighted by molar-refractivity contribution is -0.0186. The molecule has 234 valence electrons. The van der Waals surface area contributed by atoms with Gasteiger partial charge in [-0.3, -0.25) is 0 Å². The van der Waals surface area contributed by atoms with Crippen molar-refractivity contribution in [2.45, 2.75) is 81.1 Å². The predicted molar refractivity (Wildman–Crippen MR) is 169 cm³/mol. The molecular formula is C36H54O6. The van der Waals surface area contributed by atoms with E-state index in [1.54, 1.807) is 36.4 Å². The molecule has 0 aromatic heterocycles. The molecule has 0 aliphatic rings. The van der Waals surface area contributed by atoms with E-state index in [0.717, 1.165) is 25.7 Å². The van der Waals surface area contributed by atoms with E-state index in [0.29, 0.717) is 34.1 Å². The van der Waals surface area contributed by atoms with Crippen molar-refractivity contribution in [3.8, 4) is 11.1 Å². The molecule has 0 fully saturated rings. The molecule has 0 saturated carbocycles. The summed E-state index contributed by atoms with van der Waals surface area (Å²) in [6.45, 7) is 16.9. The summed E-state index contributed by atoms with van der Waals surface area (Å²) in [5.41, 5.74) is 0.799. The summed E-state index contributed by atoms with van der Waals surface area (Å²) >= 11 is 0. The molecule has 42 heavy (non-hydrogen) atoms. The molecule has 0 amide bonds. The fourth-order valence-electron chi connectivity index (χ4n) is 5.19. The van der Waals surface area contributed by atoms with Gasteiger partial charge in [-0.1, -0.05) is 105 Å². The molecule has 2 rings (SSSR count). The van der Waals surface area contributed by atoms with Crippen LogP contribution in [0.5, 0.6) is 0 Å². The Morgan fingerprint density at radius 1 is 0.619 bits per heavy atom. The Morgan fingerprint density at radius 2 is 0.952 bits per heavy atom. The lowest BCUT2D eigenvalue weighted by Crippen LogP contribution is -2.38. The van der Waals surface area contributed by atoms with Crippen LogP contribution in [0, 0.1) is 34.5 Å². The van der Waals surface area contributed by atoms with E-state index in [1.165, 1.54) is 0 Å². The minimum atomic E-state index is -0.526. The highest BCUT2D eigenvalue weighted by Crippen LogP contribution is 2.37. The fourth-order valence-corrected chi connectivity index (χ4v) is 5.19. The van der Waals surface area contributed by atoms with Crippen LogP contribution in [-0.4, -0.2) is 48.6 Å². The van der Waals surface area contributed by atoms with Crippen molar-refractivity contribution in [1.82, 2.24) is 0 Å². The highest BCUT2D eigenvalue weighted by Gasteiger charge is 2.36. The van der Waals surface area contributed by atoms with E-state index < -0.39 is 22.8 Å². The first kappa shape index (κ1) is 35.5. The van der Waals surface area contributed by atoms with Gasteiger partial charge in [-0.05, 0) is 59.8 Å². The average molecular weight is 583 g/mol. The van der Waals surface area contributed by atoms with Gasteiger partial charge in [0, 0.05) is 10.8 Å². The Bertz CT molecular complexity index is 1050. The zero-order chi connectivity index (χ0) is 31.5. The van der Waals surface area contributed by atoms with Crippen molar-refractivity contribution in [3.05, 3.63) is 59.7 Å². The minimum absolute atomic E-state index is 0.0656. The van der Waals surface area contributed by atoms with E-state index in [9.17, 15) is 19.8 Å². The van der Waals surface area contributed by atoms with Crippen LogP contribution < -0.4 is 0 Å². The summed E-state index contributed by atoms with van der Waals surface area (Å²) in [5, 5.41) is 20.7. The number of aliphatic hydroxyl groups is 2. The Balaban J connectivity index is 2.34. The molecule has 2 atom stereocenters. The second kappa shape index (κ2) is 16.2. The van der Waals surface area contributed by atoms with Gasteiger partial charge in [-0.2, -0.15) is 0 Å². The summed E-state index contributed by atoms with van der Waals surface area (Å²) in [6, 6.07) is 14.2. The predicted octanol–water partition coefficient (Wildman–Crippen LogP) is 7.81. The number of carbonyl (C=O) groups is 2. The second-order valence-electron chi connectivity index (χ2n) is 13.5. The standard InChI is InChI=1S/C36H54O6/c1-25(2)17-19-35(21-37,27(5)6)23-41-33(39)31-15-11-9-13-29(31)30-14-10-12-16-32(30)34(40)42-24-36(22-38,28(7)8)20-18-26(3)4/h9-16,25-28,37-38H,17-24H2,1-8H3. The summed E-state index contributed by atoms with van der Waals surface area (Å²) in [5.74, 6) is 0.199. The number of esters is 2. The third-order valence-electron chi connectivity index (χ3n) is 9.08. The van der Waals surface area contributed by atoms with Gasteiger partial charge in [-0.25, -0.2) is 9.59 Å². The smallest absolute Gasteiger partial charge is 0.338 e. The monoisotopic (exact) mass is 582 g/mol. The van der Waals surface area contributed by atoms with Crippen molar-refractivity contribution < 1.29 is 29.3 Å². The molecule has 0 saturated heterocycles. The van der Waals surface area contributed by atoms with Crippen molar-refractivity contribution >= 4 is 11.9 Å². The van der Waals surface area contributed by atoms with Gasteiger partial charge in [0.05, 0.1) is 37.6 Å². The summed E-state index contributed by atoms with van der Waals surface area (Å²) in [4.78, 5) is 27.0. The van der Waals surface area contributed by atoms with Crippen LogP contribution in [0.4, 0.5) is 0 Å². The number of rotatable bonds is 17. The number of aliphatic hydroxyl groups excluding tert-OH is 2. The molecule has 0 radical (unpaired) electrons. The second-order valence-corrected chi connectivity index (χ2v) is 13.5. The van der Waals surface area contributed by atoms with E-state index in [-0.39, 0.29) is 38.3 Å². The molecule has 0 aliphatic heterocycles. The van der Waals surface area contributed by atoms with Crippen LogP contribution in [0.1, 0.15) is 102 Å². The normalized spacial score (nSPS) is 14.7. The van der Waals surface area contributed by atoms with Crippen molar-refractivity contribution in [3.63, 3.8) is 0 Å². The lowest BCUT2D eigenvalue weighted by Gasteiger charge is -2.36. The van der Waals surface area contributed by atoms with Gasteiger partial charge in [0.2, 0.25) is 0 Å². The zero-order valence-electron chi connectivity index (χ0n) is 27.1. The maximum atomic E-state index is 13.5. The molecule has 0 spiro atoms. The lowest BCUT2D eigenvalue weighted by atomic mass is 9.74. The van der Waals surface area contributed by atoms with Crippen LogP contribution >= 0.6 is 0 Å². The molecule has 6 nitrogen and oxygen atoms in total. The first-order valence-electron chi connectivity index (χ1n) is 15.6. The van der Waals surface area contributed by atoms with Gasteiger partial charge in [0.1, 0.15) is 0 Å². The average Bonchev–Trinajstić information content (AvgIpc) is 2.97. The zero-order valence-corrected chi connectivity index (χ0v) is 27.1. The summed E-state index contributed by atoms with van der Waals surface area (Å²) in [6.07, 6.45) is 3.36. The Labute approximate surface area is 253 Å². The number of benzene rings is 2. The van der Waals surface area contributed by atoms with Gasteiger partial charge in [-0.15, -0.1) is 0 Å². The van der Waals surface area contributed by atoms with E-state index in [2.05, 4.69) is 27.7 Å². The van der Waals surface area contributed by atoms with Crippen LogP contribution in [0.15, 0.2) is 48.5 Å². The highest BCUT2D eigenvalue weighted by atomic mass is 16.5. The topological polar surface area (TPSA) is 93.1 Å². The van der Waals surface area contributed by atoms with Crippen LogP contribution in [0.2, 0.25) is 0 Å². The molecule has 0 bridgehead atoms. The van der Waals surface area contributed by atoms with Crippen LogP contribution in [0.3, 0.4) is 0 Å². The number of hydrogen-bond donors (Lipinski definition) is 2. The molecule has 0 heterocycles. The maximum absolute atomic E-state index is 13.5. The van der Waals surface area contributed by atoms with E-state index in [1.807, 2.05) is 39.8 Å². The van der Waals surface area contributed by atoms with Gasteiger partial charge in [0.15, 0.2) is 0 Å². The molecule has 6 heteroatoms. The molecule has 2 aromatic rings. The molecule has 0 aliphatic carbocycles. The van der Waals surface area contributed by atoms with Gasteiger partial charge in [0.25, 0.3) is 0 Å². The first-order valence-corrected chi connectivity index (χ1v) is 15.6. The van der Waals surface area contributed by atoms with E-state index in [4.69, 9.17) is 9.47 Å². The molecule has 2 unspecified atom stereocenters. The van der Waals surface area contributed by atoms with Crippen molar-refractivity contribution in [2.75, 3.05) is 26.4 Å². The SMILES string of the molecule is CC(C)CCC(CO)(COC(=O)c1ccccc1-c1ccccc1C(=O)OCC(CO)(CCC(C)C)C(C)C)C(C)C. The van der Waals surface area contributed by atoms with E-state index >= 15 is 0 Å². The van der Waals surface area contributed by atoms with Crippen LogP contribution in [0.25, 0.3) is 11.1 Å². The molecular weight excluding hydrogens is 528 g/mol. The third-order valence-corrected chi connectivity index (χ3v) is 9.08. The minimum Gasteiger partial charge on any atom is -0.461 e. The van der Waals surface area contributed by atoms with Crippen molar-refractivity contribution in [1.29, 1.82) is 0 Å². The first-order chi connectivity index (χ1) is 19.8. The van der Waals surface area contributed by atoms with Gasteiger partial charge >= 0.3 is 11.9 Å². The highest BCUT2D eigenvalue weighted by molar-refractivity contribution is 6.03. The Kier molecular flexibility index (Phi) is 13.7. The van der Waals surface area contributed by atoms with Gasteiger partial charge < -0.3 is 19.7 Å². The number of ether oxygens (including phenoxy) is 2. The summed E-state index contributed by atoms with van der Waals surface area (Å²) < 4.78 is 11.8. The van der Waals surface area contributed by atoms with Crippen molar-refractivity contribution in [2.24, 2.45) is 34.5 Å². The Hall–Kier alpha value is -2.70. The molecule has 2 N–H and O–H groups in total. The quantitative estimate of drug-likeness (QED) is 0.185. The molecule has 2 aromatic carbocycles.